The minimum absolute atomic E-state index is 0.00425. The van der Waals surface area contributed by atoms with Crippen LogP contribution in [0.3, 0.4) is 0 Å². The first-order valence-electron chi connectivity index (χ1n) is 15.4. The molecule has 2 aromatic carbocycles. The first-order chi connectivity index (χ1) is 20.5. The van der Waals surface area contributed by atoms with Crippen molar-refractivity contribution in [1.82, 2.24) is 4.72 Å². The summed E-state index contributed by atoms with van der Waals surface area (Å²) >= 11 is 6.38. The van der Waals surface area contributed by atoms with Crippen molar-refractivity contribution >= 4 is 33.2 Å². The van der Waals surface area contributed by atoms with Crippen LogP contribution in [0.15, 0.2) is 48.6 Å². The average molecular weight is 629 g/mol. The predicted molar refractivity (Wildman–Crippen MR) is 167 cm³/mol. The molecule has 1 amide bonds. The van der Waals surface area contributed by atoms with E-state index in [0.29, 0.717) is 31.9 Å². The molecule has 6 rings (SSSR count). The minimum Gasteiger partial charge on any atom is -0.490 e. The van der Waals surface area contributed by atoms with Crippen LogP contribution >= 0.6 is 11.6 Å². The Balaban J connectivity index is 1.41. The zero-order valence-corrected chi connectivity index (χ0v) is 26.1. The van der Waals surface area contributed by atoms with Gasteiger partial charge in [-0.3, -0.25) is 4.79 Å². The van der Waals surface area contributed by atoms with Crippen LogP contribution in [-0.2, 0) is 21.9 Å². The van der Waals surface area contributed by atoms with Crippen LogP contribution in [0, 0.1) is 11.8 Å². The van der Waals surface area contributed by atoms with Crippen molar-refractivity contribution in [3.8, 4) is 5.75 Å². The average Bonchev–Trinajstić information content (AvgIpc) is 3.08. The fourth-order valence-electron chi connectivity index (χ4n) is 7.52. The summed E-state index contributed by atoms with van der Waals surface area (Å²) in [6.45, 7) is 3.38. The SMILES string of the molecule is C[C@H](O)C[C@@H]1CC/C=C\[C@H](O)[C@@H]2CCC2CN2C[C@@]3(CCCc4cc(Cl)ccc43)COc3ccc(cc32)C(=O)NS1(=O)=O. The molecule has 2 heterocycles. The highest BCUT2D eigenvalue weighted by Gasteiger charge is 2.44. The summed E-state index contributed by atoms with van der Waals surface area (Å²) in [5.74, 6) is 0.301. The molecule has 3 N–H and O–H groups in total. The highest BCUT2D eigenvalue weighted by molar-refractivity contribution is 7.90. The molecule has 2 aromatic rings. The second kappa shape index (κ2) is 12.1. The van der Waals surface area contributed by atoms with E-state index >= 15 is 0 Å². The van der Waals surface area contributed by atoms with Gasteiger partial charge in [0.15, 0.2) is 0 Å². The first kappa shape index (κ1) is 30.4. The molecular weight excluding hydrogens is 588 g/mol. The molecule has 1 saturated carbocycles. The predicted octanol–water partition coefficient (Wildman–Crippen LogP) is 4.75. The summed E-state index contributed by atoms with van der Waals surface area (Å²) in [7, 11) is -4.08. The van der Waals surface area contributed by atoms with E-state index in [1.807, 2.05) is 12.1 Å². The van der Waals surface area contributed by atoms with Crippen molar-refractivity contribution in [3.05, 3.63) is 70.3 Å². The molecule has 2 aliphatic carbocycles. The molecule has 0 aromatic heterocycles. The first-order valence-corrected chi connectivity index (χ1v) is 17.4. The number of aliphatic hydroxyl groups excluding tert-OH is 2. The highest BCUT2D eigenvalue weighted by atomic mass is 35.5. The Labute approximate surface area is 259 Å². The monoisotopic (exact) mass is 628 g/mol. The van der Waals surface area contributed by atoms with Gasteiger partial charge >= 0.3 is 0 Å². The lowest BCUT2D eigenvalue weighted by Gasteiger charge is -2.45. The second-order valence-electron chi connectivity index (χ2n) is 13.0. The molecule has 43 heavy (non-hydrogen) atoms. The maximum absolute atomic E-state index is 13.4. The number of carbonyl (C=O) groups excluding carboxylic acids is 1. The zero-order valence-electron chi connectivity index (χ0n) is 24.5. The normalized spacial score (nSPS) is 31.8. The molecule has 232 valence electrons. The number of nitrogens with zero attached hydrogens (tertiary/aromatic N) is 1. The molecule has 1 spiro atoms. The summed E-state index contributed by atoms with van der Waals surface area (Å²) < 4.78 is 35.5. The summed E-state index contributed by atoms with van der Waals surface area (Å²) in [6.07, 6.45) is 7.62. The number of halogens is 1. The second-order valence-corrected chi connectivity index (χ2v) is 15.4. The van der Waals surface area contributed by atoms with E-state index in [0.717, 1.165) is 42.8 Å². The van der Waals surface area contributed by atoms with Gasteiger partial charge in [-0.25, -0.2) is 13.1 Å². The van der Waals surface area contributed by atoms with Crippen LogP contribution in [0.2, 0.25) is 5.02 Å². The Morgan fingerprint density at radius 3 is 2.79 bits per heavy atom. The van der Waals surface area contributed by atoms with E-state index in [4.69, 9.17) is 16.3 Å². The number of aliphatic hydroxyl groups is 2. The smallest absolute Gasteiger partial charge is 0.264 e. The molecule has 1 unspecified atom stereocenters. The van der Waals surface area contributed by atoms with Gasteiger partial charge in [-0.05, 0) is 112 Å². The van der Waals surface area contributed by atoms with Crippen LogP contribution in [0.1, 0.15) is 73.4 Å². The third-order valence-corrected chi connectivity index (χ3v) is 11.9. The summed E-state index contributed by atoms with van der Waals surface area (Å²) in [5, 5.41) is 20.9. The molecular formula is C33H41ClN2O6S. The molecule has 1 fully saturated rings. The van der Waals surface area contributed by atoms with E-state index in [-0.39, 0.29) is 35.7 Å². The number of hydrogen-bond acceptors (Lipinski definition) is 7. The van der Waals surface area contributed by atoms with Crippen molar-refractivity contribution in [2.24, 2.45) is 11.8 Å². The van der Waals surface area contributed by atoms with E-state index in [1.54, 1.807) is 31.2 Å². The topological polar surface area (TPSA) is 116 Å². The summed E-state index contributed by atoms with van der Waals surface area (Å²) in [5.41, 5.74) is 3.18. The molecule has 6 atom stereocenters. The third-order valence-electron chi connectivity index (χ3n) is 9.94. The van der Waals surface area contributed by atoms with Gasteiger partial charge in [0.2, 0.25) is 10.0 Å². The lowest BCUT2D eigenvalue weighted by atomic mass is 9.68. The number of benzene rings is 2. The Hall–Kier alpha value is -2.59. The maximum Gasteiger partial charge on any atom is 0.264 e. The number of sulfonamides is 1. The molecule has 2 bridgehead atoms. The Bertz CT molecular complexity index is 1510. The largest absolute Gasteiger partial charge is 0.490 e. The van der Waals surface area contributed by atoms with Gasteiger partial charge in [-0.2, -0.15) is 0 Å². The summed E-state index contributed by atoms with van der Waals surface area (Å²) in [6, 6.07) is 11.2. The molecule has 0 radical (unpaired) electrons. The van der Waals surface area contributed by atoms with E-state index < -0.39 is 33.4 Å². The lowest BCUT2D eigenvalue weighted by molar-refractivity contribution is 0.0456. The Kier molecular flexibility index (Phi) is 8.54. The molecule has 2 aliphatic heterocycles. The number of fused-ring (bicyclic) bond motifs is 4. The lowest BCUT2D eigenvalue weighted by Crippen LogP contribution is -2.49. The van der Waals surface area contributed by atoms with Gasteiger partial charge in [-0.15, -0.1) is 0 Å². The number of aryl methyl sites for hydroxylation is 1. The zero-order chi connectivity index (χ0) is 30.4. The van der Waals surface area contributed by atoms with Crippen LogP contribution in [0.25, 0.3) is 0 Å². The van der Waals surface area contributed by atoms with E-state index in [2.05, 4.69) is 21.8 Å². The molecule has 4 aliphatic rings. The van der Waals surface area contributed by atoms with E-state index in [1.165, 1.54) is 11.1 Å². The fraction of sp³-hybridized carbons (Fsp3) is 0.545. The number of nitrogens with one attached hydrogen (secondary N) is 1. The Morgan fingerprint density at radius 1 is 1.19 bits per heavy atom. The van der Waals surface area contributed by atoms with Gasteiger partial charge in [-0.1, -0.05) is 29.8 Å². The maximum atomic E-state index is 13.4. The number of carbonyl (C=O) groups is 1. The molecule has 0 saturated heterocycles. The number of hydrogen-bond donors (Lipinski definition) is 3. The van der Waals surface area contributed by atoms with Crippen molar-refractivity contribution < 1.29 is 28.2 Å². The molecule has 8 nitrogen and oxygen atoms in total. The van der Waals surface area contributed by atoms with Gasteiger partial charge < -0.3 is 19.8 Å². The van der Waals surface area contributed by atoms with Crippen LogP contribution in [-0.4, -0.2) is 61.7 Å². The minimum atomic E-state index is -4.08. The number of ether oxygens (including phenoxy) is 1. The van der Waals surface area contributed by atoms with Gasteiger partial charge in [0.05, 0.1) is 29.8 Å². The Morgan fingerprint density at radius 2 is 2.02 bits per heavy atom. The van der Waals surface area contributed by atoms with Crippen LogP contribution < -0.4 is 14.4 Å². The number of rotatable bonds is 2. The van der Waals surface area contributed by atoms with Crippen LogP contribution in [0.5, 0.6) is 5.75 Å². The van der Waals surface area contributed by atoms with Gasteiger partial charge in [0.1, 0.15) is 5.75 Å². The summed E-state index contributed by atoms with van der Waals surface area (Å²) in [4.78, 5) is 15.7. The van der Waals surface area contributed by atoms with Crippen molar-refractivity contribution in [1.29, 1.82) is 0 Å². The standard InChI is InChI=1S/C33H41ClN2O6S/c1-21(37)15-26-6-2-3-7-30(38)27-11-8-24(27)18-36-19-33(14-4-5-22-16-25(34)10-12-28(22)33)20-42-31-13-9-23(17-29(31)36)32(39)35-43(26,40)41/h3,7,9-10,12-13,16-17,21,24,26-27,30,37-38H,2,4-6,8,11,14-15,18-20H2,1H3,(H,35,39)/b7-3-/t21-,24?,26-,27+,30-,33-/m0/s1. The van der Waals surface area contributed by atoms with Gasteiger partial charge in [0.25, 0.3) is 5.91 Å². The van der Waals surface area contributed by atoms with Crippen molar-refractivity contribution in [2.75, 3.05) is 24.6 Å². The molecule has 10 heteroatoms. The highest BCUT2D eigenvalue weighted by Crippen LogP contribution is 2.46. The third kappa shape index (κ3) is 6.19. The number of anilines is 1. The van der Waals surface area contributed by atoms with E-state index in [9.17, 15) is 23.4 Å². The quantitative estimate of drug-likeness (QED) is 0.411. The number of amides is 1. The number of allylic oxidation sites excluding steroid dienone is 1. The fourth-order valence-corrected chi connectivity index (χ4v) is 9.24. The van der Waals surface area contributed by atoms with Crippen molar-refractivity contribution in [2.45, 2.75) is 81.2 Å². The van der Waals surface area contributed by atoms with Gasteiger partial charge in [0, 0.05) is 29.1 Å². The van der Waals surface area contributed by atoms with Crippen molar-refractivity contribution in [3.63, 3.8) is 0 Å². The van der Waals surface area contributed by atoms with Crippen LogP contribution in [0.4, 0.5) is 5.69 Å².